The zero-order valence-corrected chi connectivity index (χ0v) is 8.83. The van der Waals surface area contributed by atoms with Crippen LogP contribution in [-0.2, 0) is 11.2 Å². The van der Waals surface area contributed by atoms with E-state index >= 15 is 0 Å². The quantitative estimate of drug-likeness (QED) is 0.667. The summed E-state index contributed by atoms with van der Waals surface area (Å²) < 4.78 is 5.43. The number of nitrogens with one attached hydrogen (secondary N) is 1. The zero-order chi connectivity index (χ0) is 10.1. The van der Waals surface area contributed by atoms with Crippen LogP contribution in [0.2, 0.25) is 0 Å². The first-order valence-electron chi connectivity index (χ1n) is 5.20. The Hall–Kier alpha value is -0.860. The first-order chi connectivity index (χ1) is 6.93. The second kappa shape index (κ2) is 7.54. The van der Waals surface area contributed by atoms with Crippen LogP contribution in [0.25, 0.3) is 0 Å². The molecule has 2 nitrogen and oxygen atoms in total. The van der Waals surface area contributed by atoms with Gasteiger partial charge in [0.1, 0.15) is 0 Å². The van der Waals surface area contributed by atoms with Crippen LogP contribution in [0.1, 0.15) is 12.0 Å². The zero-order valence-electron chi connectivity index (χ0n) is 8.83. The van der Waals surface area contributed by atoms with E-state index < -0.39 is 0 Å². The molecule has 2 heteroatoms. The van der Waals surface area contributed by atoms with Crippen LogP contribution in [-0.4, -0.2) is 26.8 Å². The number of hydrogen-bond acceptors (Lipinski definition) is 2. The Morgan fingerprint density at radius 1 is 1.14 bits per heavy atom. The third kappa shape index (κ3) is 5.00. The van der Waals surface area contributed by atoms with Crippen LogP contribution >= 0.6 is 0 Å². The highest BCUT2D eigenvalue weighted by Gasteiger charge is 1.91. The van der Waals surface area contributed by atoms with Crippen molar-refractivity contribution in [1.82, 2.24) is 5.32 Å². The summed E-state index contributed by atoms with van der Waals surface area (Å²) in [5, 5.41) is 3.05. The van der Waals surface area contributed by atoms with Crippen molar-refractivity contribution < 1.29 is 4.74 Å². The minimum Gasteiger partial charge on any atom is -0.380 e. The lowest BCUT2D eigenvalue weighted by atomic mass is 10.1. The molecule has 1 rings (SSSR count). The molecule has 0 aromatic heterocycles. The van der Waals surface area contributed by atoms with Gasteiger partial charge < -0.3 is 10.1 Å². The molecule has 1 N–H and O–H groups in total. The number of aryl methyl sites for hydroxylation is 1. The number of ether oxygens (including phenoxy) is 1. The fourth-order valence-corrected chi connectivity index (χ4v) is 1.30. The van der Waals surface area contributed by atoms with Gasteiger partial charge in [0, 0.05) is 13.2 Å². The third-order valence-corrected chi connectivity index (χ3v) is 2.09. The normalized spacial score (nSPS) is 10.4. The monoisotopic (exact) mass is 193 g/mol. The van der Waals surface area contributed by atoms with Gasteiger partial charge in [0.05, 0.1) is 6.61 Å². The summed E-state index contributed by atoms with van der Waals surface area (Å²) in [4.78, 5) is 0. The van der Waals surface area contributed by atoms with Crippen molar-refractivity contribution >= 4 is 0 Å². The smallest absolute Gasteiger partial charge is 0.0590 e. The second-order valence-electron chi connectivity index (χ2n) is 3.31. The summed E-state index contributed by atoms with van der Waals surface area (Å²) in [7, 11) is 1.94. The van der Waals surface area contributed by atoms with Gasteiger partial charge in [-0.2, -0.15) is 0 Å². The van der Waals surface area contributed by atoms with Crippen LogP contribution in [0.4, 0.5) is 0 Å². The Kier molecular flexibility index (Phi) is 6.04. The van der Waals surface area contributed by atoms with E-state index in [4.69, 9.17) is 4.74 Å². The average molecular weight is 193 g/mol. The van der Waals surface area contributed by atoms with E-state index in [-0.39, 0.29) is 0 Å². The topological polar surface area (TPSA) is 21.3 Å². The van der Waals surface area contributed by atoms with E-state index in [2.05, 4.69) is 29.6 Å². The highest BCUT2D eigenvalue weighted by molar-refractivity contribution is 5.14. The summed E-state index contributed by atoms with van der Waals surface area (Å²) >= 11 is 0. The van der Waals surface area contributed by atoms with Crippen molar-refractivity contribution in [2.75, 3.05) is 26.8 Å². The minimum absolute atomic E-state index is 0.811. The molecule has 0 aliphatic rings. The van der Waals surface area contributed by atoms with E-state index in [0.717, 1.165) is 32.6 Å². The van der Waals surface area contributed by atoms with Crippen LogP contribution in [0.3, 0.4) is 0 Å². The number of benzene rings is 1. The van der Waals surface area contributed by atoms with Crippen molar-refractivity contribution in [2.45, 2.75) is 12.8 Å². The van der Waals surface area contributed by atoms with E-state index in [1.54, 1.807) is 0 Å². The molecule has 0 saturated carbocycles. The van der Waals surface area contributed by atoms with Crippen LogP contribution in [0.15, 0.2) is 30.3 Å². The molecule has 0 saturated heterocycles. The average Bonchev–Trinajstić information content (AvgIpc) is 2.25. The lowest BCUT2D eigenvalue weighted by Crippen LogP contribution is -2.14. The fraction of sp³-hybridized carbons (Fsp3) is 0.500. The molecule has 0 atom stereocenters. The standard InChI is InChI=1S/C12H19NO/c1-13-9-11-14-10-5-8-12-6-3-2-4-7-12/h2-4,6-7,13H,5,8-11H2,1H3. The Morgan fingerprint density at radius 3 is 2.64 bits per heavy atom. The largest absolute Gasteiger partial charge is 0.380 e. The molecular weight excluding hydrogens is 174 g/mol. The van der Waals surface area contributed by atoms with Crippen molar-refractivity contribution in [3.8, 4) is 0 Å². The van der Waals surface area contributed by atoms with Crippen molar-refractivity contribution in [2.24, 2.45) is 0 Å². The summed E-state index contributed by atoms with van der Waals surface area (Å²) in [6.45, 7) is 2.60. The third-order valence-electron chi connectivity index (χ3n) is 2.09. The lowest BCUT2D eigenvalue weighted by Gasteiger charge is -2.03. The van der Waals surface area contributed by atoms with Crippen LogP contribution in [0, 0.1) is 0 Å². The fourth-order valence-electron chi connectivity index (χ4n) is 1.30. The summed E-state index contributed by atoms with van der Waals surface area (Å²) in [6, 6.07) is 10.5. The molecule has 0 amide bonds. The van der Waals surface area contributed by atoms with Crippen molar-refractivity contribution in [1.29, 1.82) is 0 Å². The Labute approximate surface area is 86.3 Å². The summed E-state index contributed by atoms with van der Waals surface area (Å²) in [5.74, 6) is 0. The number of likely N-dealkylation sites (N-methyl/N-ethyl adjacent to an activating group) is 1. The predicted molar refractivity (Wildman–Crippen MR) is 59.5 cm³/mol. The molecule has 1 aromatic rings. The maximum Gasteiger partial charge on any atom is 0.0590 e. The number of hydrogen-bond donors (Lipinski definition) is 1. The predicted octanol–water partition coefficient (Wildman–Crippen LogP) is 1.86. The first-order valence-corrected chi connectivity index (χ1v) is 5.20. The number of rotatable bonds is 7. The van der Waals surface area contributed by atoms with E-state index in [0.29, 0.717) is 0 Å². The highest BCUT2D eigenvalue weighted by atomic mass is 16.5. The van der Waals surface area contributed by atoms with Gasteiger partial charge in [-0.15, -0.1) is 0 Å². The lowest BCUT2D eigenvalue weighted by molar-refractivity contribution is 0.135. The van der Waals surface area contributed by atoms with Gasteiger partial charge >= 0.3 is 0 Å². The van der Waals surface area contributed by atoms with E-state index in [9.17, 15) is 0 Å². The van der Waals surface area contributed by atoms with Gasteiger partial charge in [-0.05, 0) is 25.5 Å². The minimum atomic E-state index is 0.811. The van der Waals surface area contributed by atoms with Crippen LogP contribution < -0.4 is 5.32 Å². The Morgan fingerprint density at radius 2 is 1.93 bits per heavy atom. The van der Waals surface area contributed by atoms with Gasteiger partial charge in [0.2, 0.25) is 0 Å². The maximum absolute atomic E-state index is 5.43. The Balaban J connectivity index is 1.99. The molecule has 0 bridgehead atoms. The molecule has 0 spiro atoms. The van der Waals surface area contributed by atoms with Crippen LogP contribution in [0.5, 0.6) is 0 Å². The molecule has 78 valence electrons. The van der Waals surface area contributed by atoms with Gasteiger partial charge in [0.15, 0.2) is 0 Å². The maximum atomic E-state index is 5.43. The molecule has 0 heterocycles. The summed E-state index contributed by atoms with van der Waals surface area (Å²) in [5.41, 5.74) is 1.39. The van der Waals surface area contributed by atoms with Gasteiger partial charge in [-0.25, -0.2) is 0 Å². The van der Waals surface area contributed by atoms with Crippen molar-refractivity contribution in [3.63, 3.8) is 0 Å². The molecule has 14 heavy (non-hydrogen) atoms. The van der Waals surface area contributed by atoms with Gasteiger partial charge in [0.25, 0.3) is 0 Å². The second-order valence-corrected chi connectivity index (χ2v) is 3.31. The van der Waals surface area contributed by atoms with Gasteiger partial charge in [-0.1, -0.05) is 30.3 Å². The highest BCUT2D eigenvalue weighted by Crippen LogP contribution is 2.01. The SMILES string of the molecule is CNCCOCCCc1ccccc1. The molecular formula is C12H19NO. The first kappa shape index (κ1) is 11.2. The molecule has 0 aliphatic heterocycles. The Bertz CT molecular complexity index is 223. The molecule has 1 aromatic carbocycles. The molecule has 0 fully saturated rings. The summed E-state index contributed by atoms with van der Waals surface area (Å²) in [6.07, 6.45) is 2.22. The van der Waals surface area contributed by atoms with Crippen molar-refractivity contribution in [3.05, 3.63) is 35.9 Å². The molecule has 0 radical (unpaired) electrons. The molecule has 0 unspecified atom stereocenters. The van der Waals surface area contributed by atoms with Gasteiger partial charge in [-0.3, -0.25) is 0 Å². The van der Waals surface area contributed by atoms with E-state index in [1.165, 1.54) is 5.56 Å². The van der Waals surface area contributed by atoms with E-state index in [1.807, 2.05) is 13.1 Å². The molecule has 0 aliphatic carbocycles.